The second kappa shape index (κ2) is 8.34. The first-order valence-electron chi connectivity index (χ1n) is 10.3. The molecule has 3 aliphatic rings. The molecule has 1 aliphatic carbocycles. The van der Waals surface area contributed by atoms with Gasteiger partial charge in [-0.05, 0) is 25.0 Å². The van der Waals surface area contributed by atoms with E-state index < -0.39 is 21.6 Å². The molecule has 0 bridgehead atoms. The Bertz CT molecular complexity index is 997. The molecule has 1 saturated carbocycles. The Morgan fingerprint density at radius 3 is 2.32 bits per heavy atom. The highest BCUT2D eigenvalue weighted by molar-refractivity contribution is 7.91. The number of halogens is 1. The zero-order valence-corrected chi connectivity index (χ0v) is 19.6. The molecule has 1 spiro atoms. The summed E-state index contributed by atoms with van der Waals surface area (Å²) in [6.07, 6.45) is 4.07. The molecule has 1 aromatic heterocycles. The summed E-state index contributed by atoms with van der Waals surface area (Å²) >= 11 is 6.86. The molecule has 0 aromatic carbocycles. The van der Waals surface area contributed by atoms with E-state index in [1.807, 2.05) is 0 Å². The first-order chi connectivity index (χ1) is 14.7. The van der Waals surface area contributed by atoms with E-state index in [0.29, 0.717) is 17.2 Å². The number of carbonyl (C=O) groups is 3. The zero-order valence-electron chi connectivity index (χ0n) is 17.3. The largest absolute Gasteiger partial charge is 0.338 e. The summed E-state index contributed by atoms with van der Waals surface area (Å²) < 4.78 is 27.3. The summed E-state index contributed by atoms with van der Waals surface area (Å²) in [7, 11) is -2.02. The number of urea groups is 1. The minimum atomic E-state index is -3.65. The molecular weight excluding hydrogens is 464 g/mol. The SMILES string of the molecule is CN1C(=O)N(CC(=O)N2CCN(S(=O)(=O)c3ccc(Cl)s3)CC2)C(=O)C12CCCCC2. The van der Waals surface area contributed by atoms with Crippen molar-refractivity contribution in [1.29, 1.82) is 0 Å². The average molecular weight is 489 g/mol. The molecule has 9 nitrogen and oxygen atoms in total. The van der Waals surface area contributed by atoms with Gasteiger partial charge in [0.25, 0.3) is 15.9 Å². The Labute approximate surface area is 190 Å². The van der Waals surface area contributed by atoms with E-state index in [1.54, 1.807) is 13.1 Å². The second-order valence-corrected chi connectivity index (χ2v) is 12.0. The highest BCUT2D eigenvalue weighted by Crippen LogP contribution is 2.39. The molecule has 12 heteroatoms. The number of hydrogen-bond acceptors (Lipinski definition) is 6. The van der Waals surface area contributed by atoms with Crippen molar-refractivity contribution in [2.45, 2.75) is 41.9 Å². The molecule has 1 aromatic rings. The molecule has 3 heterocycles. The van der Waals surface area contributed by atoms with Gasteiger partial charge in [0, 0.05) is 33.2 Å². The number of likely N-dealkylation sites (N-methyl/N-ethyl adjacent to an activating group) is 1. The fraction of sp³-hybridized carbons (Fsp3) is 0.632. The van der Waals surface area contributed by atoms with Crippen molar-refractivity contribution in [2.75, 3.05) is 39.8 Å². The number of thiophene rings is 1. The quantitative estimate of drug-likeness (QED) is 0.602. The number of nitrogens with zero attached hydrogens (tertiary/aromatic N) is 4. The van der Waals surface area contributed by atoms with E-state index in [0.717, 1.165) is 35.5 Å². The van der Waals surface area contributed by atoms with Gasteiger partial charge in [-0.25, -0.2) is 13.2 Å². The van der Waals surface area contributed by atoms with E-state index in [1.165, 1.54) is 20.2 Å². The van der Waals surface area contributed by atoms with E-state index in [4.69, 9.17) is 11.6 Å². The van der Waals surface area contributed by atoms with Crippen molar-refractivity contribution in [2.24, 2.45) is 0 Å². The van der Waals surface area contributed by atoms with Gasteiger partial charge in [-0.1, -0.05) is 30.9 Å². The summed E-state index contributed by atoms with van der Waals surface area (Å²) in [5, 5.41) is 0. The summed E-state index contributed by atoms with van der Waals surface area (Å²) in [6.45, 7) is 0.393. The van der Waals surface area contributed by atoms with Crippen LogP contribution < -0.4 is 0 Å². The van der Waals surface area contributed by atoms with E-state index in [2.05, 4.69) is 0 Å². The van der Waals surface area contributed by atoms with Crippen LogP contribution in [0.15, 0.2) is 16.3 Å². The van der Waals surface area contributed by atoms with Crippen LogP contribution in [-0.4, -0.2) is 90.6 Å². The smallest absolute Gasteiger partial charge is 0.327 e. The fourth-order valence-corrected chi connectivity index (χ4v) is 7.71. The van der Waals surface area contributed by atoms with Crippen LogP contribution in [0, 0.1) is 0 Å². The Hall–Kier alpha value is -1.69. The van der Waals surface area contributed by atoms with E-state index in [9.17, 15) is 22.8 Å². The highest BCUT2D eigenvalue weighted by Gasteiger charge is 2.56. The van der Waals surface area contributed by atoms with Gasteiger partial charge in [0.05, 0.1) is 4.34 Å². The summed E-state index contributed by atoms with van der Waals surface area (Å²) in [5.74, 6) is -0.636. The Morgan fingerprint density at radius 1 is 1.10 bits per heavy atom. The molecule has 0 N–H and O–H groups in total. The zero-order chi connectivity index (χ0) is 22.4. The first-order valence-corrected chi connectivity index (χ1v) is 12.9. The lowest BCUT2D eigenvalue weighted by molar-refractivity contribution is -0.141. The van der Waals surface area contributed by atoms with Crippen molar-refractivity contribution < 1.29 is 22.8 Å². The number of piperazine rings is 1. The van der Waals surface area contributed by atoms with E-state index in [-0.39, 0.29) is 48.7 Å². The number of rotatable bonds is 4. The van der Waals surface area contributed by atoms with E-state index >= 15 is 0 Å². The van der Waals surface area contributed by atoms with Crippen molar-refractivity contribution >= 4 is 50.8 Å². The van der Waals surface area contributed by atoms with Gasteiger partial charge in [-0.15, -0.1) is 11.3 Å². The number of amides is 4. The third-order valence-corrected chi connectivity index (χ3v) is 10.1. The molecule has 0 unspecified atom stereocenters. The van der Waals surface area contributed by atoms with Crippen LogP contribution in [0.4, 0.5) is 4.79 Å². The van der Waals surface area contributed by atoms with Crippen LogP contribution in [0.3, 0.4) is 0 Å². The standard InChI is InChI=1S/C19H25ClN4O5S2/c1-21-18(27)24(17(26)19(21)7-3-2-4-8-19)13-15(25)22-9-11-23(12-10-22)31(28,29)16-6-5-14(20)30-16/h5-6H,2-4,7-13H2,1H3. The summed E-state index contributed by atoms with van der Waals surface area (Å²) in [5.41, 5.74) is -0.815. The van der Waals surface area contributed by atoms with Gasteiger partial charge in [0.15, 0.2) is 0 Å². The van der Waals surface area contributed by atoms with Gasteiger partial charge >= 0.3 is 6.03 Å². The Morgan fingerprint density at radius 2 is 1.74 bits per heavy atom. The maximum absolute atomic E-state index is 13.1. The maximum atomic E-state index is 13.1. The predicted molar refractivity (Wildman–Crippen MR) is 115 cm³/mol. The number of carbonyl (C=O) groups excluding carboxylic acids is 3. The van der Waals surface area contributed by atoms with Crippen LogP contribution in [0.5, 0.6) is 0 Å². The fourth-order valence-electron chi connectivity index (χ4n) is 4.65. The third-order valence-electron chi connectivity index (χ3n) is 6.51. The van der Waals surface area contributed by atoms with Gasteiger partial charge < -0.3 is 9.80 Å². The molecule has 0 radical (unpaired) electrons. The first kappa shape index (κ1) is 22.5. The second-order valence-electron chi connectivity index (χ2n) is 8.17. The lowest BCUT2D eigenvalue weighted by Gasteiger charge is -2.36. The summed E-state index contributed by atoms with van der Waals surface area (Å²) in [4.78, 5) is 42.7. The molecule has 0 atom stereocenters. The molecule has 4 rings (SSSR count). The third kappa shape index (κ3) is 3.85. The lowest BCUT2D eigenvalue weighted by Crippen LogP contribution is -2.53. The van der Waals surface area contributed by atoms with Crippen molar-refractivity contribution in [3.8, 4) is 0 Å². The number of sulfonamides is 1. The maximum Gasteiger partial charge on any atom is 0.327 e. The summed E-state index contributed by atoms with van der Waals surface area (Å²) in [6, 6.07) is 2.58. The molecule has 2 saturated heterocycles. The molecule has 4 amide bonds. The predicted octanol–water partition coefficient (Wildman–Crippen LogP) is 1.83. The van der Waals surface area contributed by atoms with Crippen molar-refractivity contribution in [1.82, 2.24) is 19.0 Å². The molecular formula is C19H25ClN4O5S2. The number of hydrogen-bond donors (Lipinski definition) is 0. The van der Waals surface area contributed by atoms with Gasteiger partial charge in [0.2, 0.25) is 5.91 Å². The number of imide groups is 1. The minimum absolute atomic E-state index is 0.148. The van der Waals surface area contributed by atoms with Gasteiger partial charge in [-0.3, -0.25) is 14.5 Å². The van der Waals surface area contributed by atoms with Gasteiger partial charge in [0.1, 0.15) is 16.3 Å². The van der Waals surface area contributed by atoms with Gasteiger partial charge in [-0.2, -0.15) is 4.31 Å². The molecule has 3 fully saturated rings. The van der Waals surface area contributed by atoms with Crippen molar-refractivity contribution in [3.63, 3.8) is 0 Å². The highest BCUT2D eigenvalue weighted by atomic mass is 35.5. The molecule has 170 valence electrons. The lowest BCUT2D eigenvalue weighted by atomic mass is 9.81. The van der Waals surface area contributed by atoms with Crippen LogP contribution in [0.25, 0.3) is 0 Å². The van der Waals surface area contributed by atoms with Crippen LogP contribution >= 0.6 is 22.9 Å². The normalized spacial score (nSPS) is 22.6. The van der Waals surface area contributed by atoms with Crippen LogP contribution in [0.2, 0.25) is 4.34 Å². The Kier molecular flexibility index (Phi) is 6.06. The average Bonchev–Trinajstić information content (AvgIpc) is 3.28. The van der Waals surface area contributed by atoms with Crippen LogP contribution in [0.1, 0.15) is 32.1 Å². The minimum Gasteiger partial charge on any atom is -0.338 e. The van der Waals surface area contributed by atoms with Crippen LogP contribution in [-0.2, 0) is 19.6 Å². The molecule has 2 aliphatic heterocycles. The monoisotopic (exact) mass is 488 g/mol. The Balaban J connectivity index is 1.38. The topological polar surface area (TPSA) is 98.3 Å². The van der Waals surface area contributed by atoms with Crippen molar-refractivity contribution in [3.05, 3.63) is 16.5 Å². The molecule has 31 heavy (non-hydrogen) atoms.